The van der Waals surface area contributed by atoms with Gasteiger partial charge >= 0.3 is 0 Å². The van der Waals surface area contributed by atoms with Crippen molar-refractivity contribution in [3.05, 3.63) is 35.6 Å². The van der Waals surface area contributed by atoms with E-state index in [4.69, 9.17) is 9.84 Å². The molecule has 1 N–H and O–H groups in total. The molecule has 5 heteroatoms. The van der Waals surface area contributed by atoms with Gasteiger partial charge in [-0.2, -0.15) is 0 Å². The molecule has 1 aliphatic rings. The molecule has 2 rings (SSSR count). The van der Waals surface area contributed by atoms with Crippen molar-refractivity contribution in [1.29, 1.82) is 0 Å². The van der Waals surface area contributed by atoms with Gasteiger partial charge in [0.25, 0.3) is 0 Å². The second kappa shape index (κ2) is 5.25. The highest BCUT2D eigenvalue weighted by atomic mass is 19.1. The number of hydrogen-bond donors (Lipinski definition) is 1. The SMILES string of the molecule is O=C1COC(CO)CN1Cc1ccc(F)cc1. The van der Waals surface area contributed by atoms with Crippen molar-refractivity contribution in [2.45, 2.75) is 12.6 Å². The van der Waals surface area contributed by atoms with Crippen LogP contribution in [-0.2, 0) is 16.1 Å². The Labute approximate surface area is 98.6 Å². The molecular formula is C12H14FNO3. The van der Waals surface area contributed by atoms with Gasteiger partial charge in [0.05, 0.1) is 12.7 Å². The predicted molar refractivity (Wildman–Crippen MR) is 58.6 cm³/mol. The lowest BCUT2D eigenvalue weighted by Crippen LogP contribution is -2.47. The van der Waals surface area contributed by atoms with Gasteiger partial charge in [0.15, 0.2) is 0 Å². The molecule has 0 spiro atoms. The number of benzene rings is 1. The van der Waals surface area contributed by atoms with Crippen LogP contribution in [0.15, 0.2) is 24.3 Å². The molecular weight excluding hydrogens is 225 g/mol. The number of morpholine rings is 1. The first kappa shape index (κ1) is 12.0. The quantitative estimate of drug-likeness (QED) is 0.837. The molecule has 0 radical (unpaired) electrons. The van der Waals surface area contributed by atoms with E-state index in [1.165, 1.54) is 12.1 Å². The van der Waals surface area contributed by atoms with Crippen LogP contribution in [0.3, 0.4) is 0 Å². The van der Waals surface area contributed by atoms with Gasteiger partial charge in [0.1, 0.15) is 12.4 Å². The van der Waals surface area contributed by atoms with Gasteiger partial charge in [-0.05, 0) is 17.7 Å². The number of rotatable bonds is 3. The first-order chi connectivity index (χ1) is 8.19. The molecule has 1 amide bonds. The lowest BCUT2D eigenvalue weighted by Gasteiger charge is -2.31. The molecule has 1 saturated heterocycles. The molecule has 1 heterocycles. The summed E-state index contributed by atoms with van der Waals surface area (Å²) in [6.45, 7) is 0.672. The van der Waals surface area contributed by atoms with Crippen molar-refractivity contribution in [1.82, 2.24) is 4.90 Å². The number of carbonyl (C=O) groups excluding carboxylic acids is 1. The molecule has 0 bridgehead atoms. The number of carbonyl (C=O) groups is 1. The third kappa shape index (κ3) is 3.01. The fourth-order valence-electron chi connectivity index (χ4n) is 1.75. The fourth-order valence-corrected chi connectivity index (χ4v) is 1.75. The van der Waals surface area contributed by atoms with Crippen molar-refractivity contribution in [3.8, 4) is 0 Å². The normalized spacial score (nSPS) is 20.7. The van der Waals surface area contributed by atoms with Crippen LogP contribution in [0.25, 0.3) is 0 Å². The summed E-state index contributed by atoms with van der Waals surface area (Å²) in [6.07, 6.45) is -0.326. The van der Waals surface area contributed by atoms with Crippen LogP contribution in [0.5, 0.6) is 0 Å². The molecule has 1 aromatic rings. The Hall–Kier alpha value is -1.46. The Morgan fingerprint density at radius 1 is 1.41 bits per heavy atom. The first-order valence-corrected chi connectivity index (χ1v) is 5.43. The minimum Gasteiger partial charge on any atom is -0.394 e. The van der Waals surface area contributed by atoms with Gasteiger partial charge in [-0.1, -0.05) is 12.1 Å². The minimum atomic E-state index is -0.326. The average Bonchev–Trinajstić information content (AvgIpc) is 2.35. The van der Waals surface area contributed by atoms with E-state index in [1.807, 2.05) is 0 Å². The second-order valence-corrected chi connectivity index (χ2v) is 4.02. The fraction of sp³-hybridized carbons (Fsp3) is 0.417. The number of amides is 1. The number of aliphatic hydroxyl groups is 1. The number of hydrogen-bond acceptors (Lipinski definition) is 3. The summed E-state index contributed by atoms with van der Waals surface area (Å²) in [4.78, 5) is 13.2. The Morgan fingerprint density at radius 3 is 2.76 bits per heavy atom. The van der Waals surface area contributed by atoms with Gasteiger partial charge < -0.3 is 14.7 Å². The molecule has 1 aliphatic heterocycles. The zero-order chi connectivity index (χ0) is 12.3. The Morgan fingerprint density at radius 2 is 2.12 bits per heavy atom. The van der Waals surface area contributed by atoms with Gasteiger partial charge in [-0.15, -0.1) is 0 Å². The van der Waals surface area contributed by atoms with Crippen LogP contribution in [0, 0.1) is 5.82 Å². The summed E-state index contributed by atoms with van der Waals surface area (Å²) in [6, 6.07) is 6.02. The average molecular weight is 239 g/mol. The minimum absolute atomic E-state index is 0.00752. The van der Waals surface area contributed by atoms with Crippen molar-refractivity contribution in [2.24, 2.45) is 0 Å². The standard InChI is InChI=1S/C12H14FNO3/c13-10-3-1-9(2-4-10)5-14-6-11(7-15)17-8-12(14)16/h1-4,11,15H,5-8H2. The molecule has 92 valence electrons. The third-order valence-electron chi connectivity index (χ3n) is 2.71. The van der Waals surface area contributed by atoms with Crippen LogP contribution in [0.4, 0.5) is 4.39 Å². The molecule has 0 aliphatic carbocycles. The zero-order valence-corrected chi connectivity index (χ0v) is 9.30. The molecule has 17 heavy (non-hydrogen) atoms. The van der Waals surface area contributed by atoms with Crippen molar-refractivity contribution < 1.29 is 19.0 Å². The highest BCUT2D eigenvalue weighted by Gasteiger charge is 2.25. The summed E-state index contributed by atoms with van der Waals surface area (Å²) in [5.74, 6) is -0.408. The first-order valence-electron chi connectivity index (χ1n) is 5.43. The van der Waals surface area contributed by atoms with Crippen molar-refractivity contribution >= 4 is 5.91 Å². The largest absolute Gasteiger partial charge is 0.394 e. The van der Waals surface area contributed by atoms with Crippen LogP contribution in [0.2, 0.25) is 0 Å². The summed E-state index contributed by atoms with van der Waals surface area (Å²) in [5, 5.41) is 8.98. The summed E-state index contributed by atoms with van der Waals surface area (Å²) < 4.78 is 17.9. The van der Waals surface area contributed by atoms with E-state index in [9.17, 15) is 9.18 Å². The maximum atomic E-state index is 12.7. The van der Waals surface area contributed by atoms with Gasteiger partial charge in [0.2, 0.25) is 5.91 Å². The zero-order valence-electron chi connectivity index (χ0n) is 9.30. The lowest BCUT2D eigenvalue weighted by atomic mass is 10.2. The molecule has 1 aromatic carbocycles. The van der Waals surface area contributed by atoms with Gasteiger partial charge in [-0.3, -0.25) is 4.79 Å². The van der Waals surface area contributed by atoms with Crippen LogP contribution in [-0.4, -0.2) is 41.8 Å². The van der Waals surface area contributed by atoms with E-state index in [-0.39, 0.29) is 31.0 Å². The molecule has 1 fully saturated rings. The van der Waals surface area contributed by atoms with Crippen LogP contribution >= 0.6 is 0 Å². The summed E-state index contributed by atoms with van der Waals surface area (Å²) in [5.41, 5.74) is 0.860. The molecule has 0 saturated carbocycles. The third-order valence-corrected chi connectivity index (χ3v) is 2.71. The Bertz CT molecular complexity index is 393. The molecule has 1 atom stereocenters. The number of nitrogens with zero attached hydrogens (tertiary/aromatic N) is 1. The number of halogens is 1. The van der Waals surface area contributed by atoms with Crippen LogP contribution in [0.1, 0.15) is 5.56 Å². The maximum absolute atomic E-state index is 12.7. The van der Waals surface area contributed by atoms with E-state index < -0.39 is 0 Å². The van der Waals surface area contributed by atoms with Gasteiger partial charge in [0, 0.05) is 13.1 Å². The Balaban J connectivity index is 2.01. The monoisotopic (exact) mass is 239 g/mol. The molecule has 4 nitrogen and oxygen atoms in total. The lowest BCUT2D eigenvalue weighted by molar-refractivity contribution is -0.151. The molecule has 0 aromatic heterocycles. The van der Waals surface area contributed by atoms with E-state index in [2.05, 4.69) is 0 Å². The summed E-state index contributed by atoms with van der Waals surface area (Å²) in [7, 11) is 0. The highest BCUT2D eigenvalue weighted by Crippen LogP contribution is 2.12. The van der Waals surface area contributed by atoms with Gasteiger partial charge in [-0.25, -0.2) is 4.39 Å². The number of ether oxygens (including phenoxy) is 1. The van der Waals surface area contributed by atoms with E-state index in [0.29, 0.717) is 13.1 Å². The van der Waals surface area contributed by atoms with Crippen LogP contribution < -0.4 is 0 Å². The smallest absolute Gasteiger partial charge is 0.248 e. The van der Waals surface area contributed by atoms with Crippen molar-refractivity contribution in [2.75, 3.05) is 19.8 Å². The second-order valence-electron chi connectivity index (χ2n) is 4.02. The van der Waals surface area contributed by atoms with E-state index in [1.54, 1.807) is 17.0 Å². The summed E-state index contributed by atoms with van der Waals surface area (Å²) >= 11 is 0. The Kier molecular flexibility index (Phi) is 3.71. The predicted octanol–water partition coefficient (Wildman–Crippen LogP) is 0.545. The van der Waals surface area contributed by atoms with E-state index in [0.717, 1.165) is 5.56 Å². The highest BCUT2D eigenvalue weighted by molar-refractivity contribution is 5.78. The number of aliphatic hydroxyl groups excluding tert-OH is 1. The maximum Gasteiger partial charge on any atom is 0.248 e. The molecule has 1 unspecified atom stereocenters. The van der Waals surface area contributed by atoms with E-state index >= 15 is 0 Å². The topological polar surface area (TPSA) is 49.8 Å². The van der Waals surface area contributed by atoms with Crippen molar-refractivity contribution in [3.63, 3.8) is 0 Å².